The van der Waals surface area contributed by atoms with Crippen LogP contribution in [0.5, 0.6) is 0 Å². The zero-order chi connectivity index (χ0) is 8.41. The molecule has 0 aliphatic rings. The first-order valence-corrected chi connectivity index (χ1v) is 7.40. The fourth-order valence-corrected chi connectivity index (χ4v) is 2.84. The summed E-state index contributed by atoms with van der Waals surface area (Å²) in [5.74, 6) is 0. The van der Waals surface area contributed by atoms with Gasteiger partial charge in [-0.1, -0.05) is 33.9 Å². The summed E-state index contributed by atoms with van der Waals surface area (Å²) in [7, 11) is -1.47. The molecular weight excluding hydrogens is 162 g/mol. The van der Waals surface area contributed by atoms with Crippen molar-refractivity contribution in [3.8, 4) is 0 Å². The molecule has 0 aliphatic heterocycles. The molecule has 3 heteroatoms. The van der Waals surface area contributed by atoms with E-state index in [1.54, 1.807) is 0 Å². The van der Waals surface area contributed by atoms with Crippen LogP contribution in [0.4, 0.5) is 4.20 Å². The van der Waals surface area contributed by atoms with Gasteiger partial charge in [-0.25, -0.2) is 0 Å². The molecule has 0 spiro atoms. The van der Waals surface area contributed by atoms with Gasteiger partial charge in [0.15, 0.2) is 0 Å². The van der Waals surface area contributed by atoms with Crippen molar-refractivity contribution in [1.82, 2.24) is 0 Å². The van der Waals surface area contributed by atoms with Gasteiger partial charge in [0, 0.05) is 0 Å². The largest absolute Gasteiger partial charge is 0.185 e. The fourth-order valence-electron chi connectivity index (χ4n) is 0.316. The predicted molar refractivity (Wildman–Crippen MR) is 51.3 cm³/mol. The maximum Gasteiger partial charge on any atom is 0.104 e. The third kappa shape index (κ3) is 2.51. The van der Waals surface area contributed by atoms with Crippen molar-refractivity contribution in [3.05, 3.63) is 0 Å². The van der Waals surface area contributed by atoms with Gasteiger partial charge in [-0.05, 0) is 10.5 Å². The van der Waals surface area contributed by atoms with Crippen molar-refractivity contribution in [1.29, 1.82) is 0 Å². The molecule has 0 aromatic heterocycles. The van der Waals surface area contributed by atoms with E-state index in [1.165, 1.54) is 0 Å². The normalized spacial score (nSPS) is 14.6. The van der Waals surface area contributed by atoms with E-state index in [0.717, 1.165) is 0 Å². The highest BCUT2D eigenvalue weighted by Gasteiger charge is 2.32. The smallest absolute Gasteiger partial charge is 0.104 e. The first kappa shape index (κ1) is 10.3. The summed E-state index contributed by atoms with van der Waals surface area (Å²) >= 11 is 0. The molecule has 60 valence electrons. The molecule has 0 nitrogen and oxygen atoms in total. The molecule has 0 radical (unpaired) electrons. The SMILES string of the molecule is CC(C)(C)[Si](C)(C)/C=P\F. The van der Waals surface area contributed by atoms with Crippen molar-refractivity contribution in [2.24, 2.45) is 0 Å². The van der Waals surface area contributed by atoms with E-state index in [9.17, 15) is 4.20 Å². The first-order chi connectivity index (χ1) is 4.31. The molecule has 0 rings (SSSR count). The van der Waals surface area contributed by atoms with E-state index in [4.69, 9.17) is 0 Å². The van der Waals surface area contributed by atoms with Gasteiger partial charge in [0.2, 0.25) is 0 Å². The second-order valence-corrected chi connectivity index (χ2v) is 10.4. The zero-order valence-corrected chi connectivity index (χ0v) is 9.30. The Bertz CT molecular complexity index is 135. The standard InChI is InChI=1S/C7H16FPSi/c1-7(2,3)10(4,5)6-9-8/h6H,1-5H3. The second-order valence-electron chi connectivity index (χ2n) is 4.20. The van der Waals surface area contributed by atoms with E-state index < -0.39 is 8.07 Å². The van der Waals surface area contributed by atoms with Crippen molar-refractivity contribution in [2.75, 3.05) is 0 Å². The maximum absolute atomic E-state index is 12.0. The average Bonchev–Trinajstić information content (AvgIpc) is 1.61. The Morgan fingerprint density at radius 1 is 1.30 bits per heavy atom. The Hall–Kier alpha value is 0.317. The lowest BCUT2D eigenvalue weighted by atomic mass is 10.2. The highest BCUT2D eigenvalue weighted by atomic mass is 31.1. The molecule has 0 aromatic carbocycles. The van der Waals surface area contributed by atoms with Gasteiger partial charge in [-0.15, -0.1) is 0 Å². The average molecular weight is 178 g/mol. The molecule has 0 atom stereocenters. The lowest BCUT2D eigenvalue weighted by molar-refractivity contribution is 0.734. The molecular formula is C7H16FPSi. The van der Waals surface area contributed by atoms with Gasteiger partial charge in [0.1, 0.15) is 8.51 Å². The lowest BCUT2D eigenvalue weighted by Gasteiger charge is -2.33. The van der Waals surface area contributed by atoms with Crippen LogP contribution in [-0.2, 0) is 0 Å². The van der Waals surface area contributed by atoms with Gasteiger partial charge in [0.05, 0.1) is 8.07 Å². The molecule has 0 N–H and O–H groups in total. The minimum atomic E-state index is -1.42. The van der Waals surface area contributed by atoms with Gasteiger partial charge in [-0.3, -0.25) is 0 Å². The third-order valence-electron chi connectivity index (χ3n) is 2.30. The lowest BCUT2D eigenvalue weighted by Crippen LogP contribution is -2.38. The van der Waals surface area contributed by atoms with Crippen LogP contribution in [0.15, 0.2) is 0 Å². The number of hydrogen-bond donors (Lipinski definition) is 0. The fraction of sp³-hybridized carbons (Fsp3) is 0.857. The van der Waals surface area contributed by atoms with Crippen LogP contribution in [0.25, 0.3) is 0 Å². The molecule has 0 amide bonds. The summed E-state index contributed by atoms with van der Waals surface area (Å²) in [5.41, 5.74) is 1.84. The molecule has 0 bridgehead atoms. The Balaban J connectivity index is 4.40. The summed E-state index contributed by atoms with van der Waals surface area (Å²) in [6.45, 7) is 10.9. The molecule has 0 heterocycles. The van der Waals surface area contributed by atoms with Crippen molar-refractivity contribution in [2.45, 2.75) is 38.9 Å². The van der Waals surface area contributed by atoms with E-state index in [2.05, 4.69) is 33.9 Å². The molecule has 10 heavy (non-hydrogen) atoms. The Morgan fingerprint density at radius 3 is 1.80 bits per heavy atom. The number of rotatable bonds is 1. The number of hydrogen-bond acceptors (Lipinski definition) is 0. The van der Waals surface area contributed by atoms with Crippen molar-refractivity contribution < 1.29 is 4.20 Å². The van der Waals surface area contributed by atoms with Crippen LogP contribution in [0.2, 0.25) is 18.1 Å². The Morgan fingerprint density at radius 2 is 1.70 bits per heavy atom. The molecule has 0 saturated heterocycles. The van der Waals surface area contributed by atoms with Crippen LogP contribution in [0.3, 0.4) is 0 Å². The molecule has 0 unspecified atom stereocenters. The minimum absolute atomic E-state index is 0.0542. The van der Waals surface area contributed by atoms with Gasteiger partial charge < -0.3 is 0 Å². The van der Waals surface area contributed by atoms with Crippen molar-refractivity contribution in [3.63, 3.8) is 0 Å². The highest BCUT2D eigenvalue weighted by Crippen LogP contribution is 2.35. The zero-order valence-electron chi connectivity index (χ0n) is 7.40. The third-order valence-corrected chi connectivity index (χ3v) is 9.14. The quantitative estimate of drug-likeness (QED) is 0.424. The minimum Gasteiger partial charge on any atom is -0.185 e. The van der Waals surface area contributed by atoms with Crippen LogP contribution in [0, 0.1) is 0 Å². The molecule has 0 fully saturated rings. The first-order valence-electron chi connectivity index (χ1n) is 3.47. The number of halogens is 1. The van der Waals surface area contributed by atoms with E-state index in [0.29, 0.717) is 0 Å². The molecule has 0 aromatic rings. The van der Waals surface area contributed by atoms with Crippen LogP contribution in [-0.4, -0.2) is 13.5 Å². The summed E-state index contributed by atoms with van der Waals surface area (Å²) in [6, 6.07) is 0. The maximum atomic E-state index is 12.0. The highest BCUT2D eigenvalue weighted by molar-refractivity contribution is 7.43. The summed E-state index contributed by atoms with van der Waals surface area (Å²) in [6.07, 6.45) is 0. The van der Waals surface area contributed by atoms with Crippen LogP contribution >= 0.6 is 8.51 Å². The van der Waals surface area contributed by atoms with Crippen LogP contribution in [0.1, 0.15) is 20.8 Å². The Kier molecular flexibility index (Phi) is 3.24. The summed E-state index contributed by atoms with van der Waals surface area (Å²) in [4.78, 5) is 0. The van der Waals surface area contributed by atoms with Gasteiger partial charge in [0.25, 0.3) is 0 Å². The molecule has 0 aliphatic carbocycles. The second kappa shape index (κ2) is 3.14. The van der Waals surface area contributed by atoms with E-state index in [1.807, 2.05) is 5.42 Å². The van der Waals surface area contributed by atoms with Gasteiger partial charge >= 0.3 is 0 Å². The van der Waals surface area contributed by atoms with E-state index in [-0.39, 0.29) is 13.6 Å². The van der Waals surface area contributed by atoms with Crippen LogP contribution < -0.4 is 0 Å². The van der Waals surface area contributed by atoms with E-state index >= 15 is 0 Å². The van der Waals surface area contributed by atoms with Gasteiger partial charge in [-0.2, -0.15) is 4.20 Å². The predicted octanol–water partition coefficient (Wildman–Crippen LogP) is 3.67. The molecule has 0 saturated carbocycles. The monoisotopic (exact) mass is 178 g/mol. The topological polar surface area (TPSA) is 0 Å². The van der Waals surface area contributed by atoms with Crippen molar-refractivity contribution >= 4 is 22.0 Å². The summed E-state index contributed by atoms with van der Waals surface area (Å²) < 4.78 is 12.0. The summed E-state index contributed by atoms with van der Waals surface area (Å²) in [5, 5.41) is 0.284. The Labute approximate surface area is 65.8 Å².